The molecular formula is C15H13ClN2O3. The number of hydrogen-bond acceptors (Lipinski definition) is 3. The lowest BCUT2D eigenvalue weighted by Gasteiger charge is -2.06. The summed E-state index contributed by atoms with van der Waals surface area (Å²) in [5, 5.41) is 12.2. The standard InChI is InChI=1S/C15H13ClN2O3/c16-12-3-1-10(2-4-12)7-14(19)18-9-13-8-11(15(20)21)5-6-17-13/h1-6,8H,7,9H2,(H,18,19)(H,20,21). The number of amides is 1. The normalized spacial score (nSPS) is 10.1. The van der Waals surface area contributed by atoms with Gasteiger partial charge in [0, 0.05) is 11.2 Å². The van der Waals surface area contributed by atoms with Gasteiger partial charge in [0.15, 0.2) is 0 Å². The number of nitrogens with zero attached hydrogens (tertiary/aromatic N) is 1. The molecule has 108 valence electrons. The summed E-state index contributed by atoms with van der Waals surface area (Å²) in [4.78, 5) is 26.7. The van der Waals surface area contributed by atoms with Crippen molar-refractivity contribution in [2.24, 2.45) is 0 Å². The molecule has 2 N–H and O–H groups in total. The molecule has 0 spiro atoms. The van der Waals surface area contributed by atoms with Gasteiger partial charge in [-0.2, -0.15) is 0 Å². The molecule has 0 saturated heterocycles. The van der Waals surface area contributed by atoms with Crippen LogP contribution in [-0.4, -0.2) is 22.0 Å². The summed E-state index contributed by atoms with van der Waals surface area (Å²) in [5.41, 5.74) is 1.50. The number of carboxylic acid groups (broad SMARTS) is 1. The summed E-state index contributed by atoms with van der Waals surface area (Å²) >= 11 is 5.77. The second kappa shape index (κ2) is 6.85. The van der Waals surface area contributed by atoms with Gasteiger partial charge in [0.2, 0.25) is 5.91 Å². The Kier molecular flexibility index (Phi) is 4.90. The van der Waals surface area contributed by atoms with E-state index in [1.807, 2.05) is 0 Å². The molecule has 1 heterocycles. The smallest absolute Gasteiger partial charge is 0.335 e. The minimum absolute atomic E-state index is 0.145. The van der Waals surface area contributed by atoms with Crippen molar-refractivity contribution in [3.8, 4) is 0 Å². The Bertz CT molecular complexity index is 656. The SMILES string of the molecule is O=C(Cc1ccc(Cl)cc1)NCc1cc(C(=O)O)ccn1. The molecule has 21 heavy (non-hydrogen) atoms. The first-order valence-corrected chi connectivity index (χ1v) is 6.62. The predicted octanol–water partition coefficient (Wildman–Crippen LogP) is 2.29. The lowest BCUT2D eigenvalue weighted by atomic mass is 10.1. The zero-order valence-electron chi connectivity index (χ0n) is 11.0. The van der Waals surface area contributed by atoms with Crippen molar-refractivity contribution < 1.29 is 14.7 Å². The summed E-state index contributed by atoms with van der Waals surface area (Å²) in [6.45, 7) is 0.188. The molecule has 0 aliphatic heterocycles. The average molecular weight is 305 g/mol. The van der Waals surface area contributed by atoms with Crippen LogP contribution >= 0.6 is 11.6 Å². The van der Waals surface area contributed by atoms with Crippen LogP contribution in [0.15, 0.2) is 42.6 Å². The third-order valence-corrected chi connectivity index (χ3v) is 3.06. The Morgan fingerprint density at radius 2 is 1.90 bits per heavy atom. The van der Waals surface area contributed by atoms with Crippen LogP contribution in [-0.2, 0) is 17.8 Å². The molecule has 0 fully saturated rings. The van der Waals surface area contributed by atoms with Crippen LogP contribution in [0.1, 0.15) is 21.6 Å². The Hall–Kier alpha value is -2.40. The minimum atomic E-state index is -1.02. The first kappa shape index (κ1) is 15.0. The molecule has 0 bridgehead atoms. The molecule has 1 amide bonds. The largest absolute Gasteiger partial charge is 0.478 e. The summed E-state index contributed by atoms with van der Waals surface area (Å²) in [7, 11) is 0. The highest BCUT2D eigenvalue weighted by atomic mass is 35.5. The number of carbonyl (C=O) groups excluding carboxylic acids is 1. The van der Waals surface area contributed by atoms with Gasteiger partial charge >= 0.3 is 5.97 Å². The van der Waals surface area contributed by atoms with Crippen molar-refractivity contribution >= 4 is 23.5 Å². The molecule has 2 aromatic rings. The average Bonchev–Trinajstić information content (AvgIpc) is 2.48. The van der Waals surface area contributed by atoms with Gasteiger partial charge in [-0.05, 0) is 29.8 Å². The van der Waals surface area contributed by atoms with E-state index in [9.17, 15) is 9.59 Å². The maximum atomic E-state index is 11.8. The van der Waals surface area contributed by atoms with Crippen LogP contribution in [0.3, 0.4) is 0 Å². The third kappa shape index (κ3) is 4.57. The van der Waals surface area contributed by atoms with Crippen molar-refractivity contribution in [2.75, 3.05) is 0 Å². The fourth-order valence-corrected chi connectivity index (χ4v) is 1.87. The van der Waals surface area contributed by atoms with Gasteiger partial charge in [0.1, 0.15) is 0 Å². The summed E-state index contributed by atoms with van der Waals surface area (Å²) < 4.78 is 0. The van der Waals surface area contributed by atoms with Gasteiger partial charge in [-0.15, -0.1) is 0 Å². The number of halogens is 1. The minimum Gasteiger partial charge on any atom is -0.478 e. The molecule has 1 aromatic carbocycles. The number of carbonyl (C=O) groups is 2. The van der Waals surface area contributed by atoms with Gasteiger partial charge < -0.3 is 10.4 Å². The molecule has 6 heteroatoms. The first-order chi connectivity index (χ1) is 10.0. The number of carboxylic acids is 1. The molecule has 0 saturated carbocycles. The topological polar surface area (TPSA) is 79.3 Å². The summed E-state index contributed by atoms with van der Waals surface area (Å²) in [6, 6.07) is 9.85. The molecular weight excluding hydrogens is 292 g/mol. The van der Waals surface area contributed by atoms with Crippen LogP contribution in [0, 0.1) is 0 Å². The van der Waals surface area contributed by atoms with Gasteiger partial charge in [-0.25, -0.2) is 4.79 Å². The monoisotopic (exact) mass is 304 g/mol. The van der Waals surface area contributed by atoms with Crippen molar-refractivity contribution in [1.82, 2.24) is 10.3 Å². The van der Waals surface area contributed by atoms with Gasteiger partial charge in [0.25, 0.3) is 0 Å². The lowest BCUT2D eigenvalue weighted by Crippen LogP contribution is -2.25. The number of pyridine rings is 1. The number of nitrogens with one attached hydrogen (secondary N) is 1. The van der Waals surface area contributed by atoms with E-state index < -0.39 is 5.97 Å². The van der Waals surface area contributed by atoms with Gasteiger partial charge in [-0.1, -0.05) is 23.7 Å². The predicted molar refractivity (Wildman–Crippen MR) is 78.2 cm³/mol. The van der Waals surface area contributed by atoms with Gasteiger partial charge in [0.05, 0.1) is 24.2 Å². The van der Waals surface area contributed by atoms with E-state index in [-0.39, 0.29) is 24.4 Å². The fraction of sp³-hybridized carbons (Fsp3) is 0.133. The van der Waals surface area contributed by atoms with Crippen LogP contribution in [0.25, 0.3) is 0 Å². The van der Waals surface area contributed by atoms with E-state index in [1.165, 1.54) is 18.3 Å². The maximum Gasteiger partial charge on any atom is 0.335 e. The fourth-order valence-electron chi connectivity index (χ4n) is 1.75. The second-order valence-corrected chi connectivity index (χ2v) is 4.86. The van der Waals surface area contributed by atoms with Crippen molar-refractivity contribution in [3.05, 3.63) is 64.4 Å². The zero-order valence-corrected chi connectivity index (χ0v) is 11.8. The highest BCUT2D eigenvalue weighted by Crippen LogP contribution is 2.10. The van der Waals surface area contributed by atoms with Crippen LogP contribution in [0.2, 0.25) is 5.02 Å². The molecule has 5 nitrogen and oxygen atoms in total. The molecule has 2 rings (SSSR count). The molecule has 0 atom stereocenters. The molecule has 0 aliphatic rings. The quantitative estimate of drug-likeness (QED) is 0.888. The van der Waals surface area contributed by atoms with Gasteiger partial charge in [-0.3, -0.25) is 9.78 Å². The van der Waals surface area contributed by atoms with E-state index in [4.69, 9.17) is 16.7 Å². The molecule has 0 unspecified atom stereocenters. The van der Waals surface area contributed by atoms with Crippen molar-refractivity contribution in [3.63, 3.8) is 0 Å². The highest BCUT2D eigenvalue weighted by Gasteiger charge is 2.07. The maximum absolute atomic E-state index is 11.8. The second-order valence-electron chi connectivity index (χ2n) is 4.42. The molecule has 0 radical (unpaired) electrons. The summed E-state index contributed by atoms with van der Waals surface area (Å²) in [5.74, 6) is -1.19. The number of hydrogen-bond donors (Lipinski definition) is 2. The first-order valence-electron chi connectivity index (χ1n) is 6.24. The summed E-state index contributed by atoms with van der Waals surface area (Å²) in [6.07, 6.45) is 1.64. The third-order valence-electron chi connectivity index (χ3n) is 2.81. The number of aromatic nitrogens is 1. The lowest BCUT2D eigenvalue weighted by molar-refractivity contribution is -0.120. The Labute approximate surface area is 126 Å². The highest BCUT2D eigenvalue weighted by molar-refractivity contribution is 6.30. The van der Waals surface area contributed by atoms with Crippen molar-refractivity contribution in [2.45, 2.75) is 13.0 Å². The Morgan fingerprint density at radius 1 is 1.19 bits per heavy atom. The van der Waals surface area contributed by atoms with E-state index in [0.717, 1.165) is 5.56 Å². The number of rotatable bonds is 5. The van der Waals surface area contributed by atoms with E-state index in [2.05, 4.69) is 10.3 Å². The van der Waals surface area contributed by atoms with Crippen LogP contribution in [0.5, 0.6) is 0 Å². The zero-order chi connectivity index (χ0) is 15.2. The van der Waals surface area contributed by atoms with Crippen LogP contribution in [0.4, 0.5) is 0 Å². The molecule has 1 aromatic heterocycles. The van der Waals surface area contributed by atoms with E-state index >= 15 is 0 Å². The van der Waals surface area contributed by atoms with Crippen LogP contribution < -0.4 is 5.32 Å². The number of aromatic carboxylic acids is 1. The molecule has 0 aliphatic carbocycles. The van der Waals surface area contributed by atoms with E-state index in [0.29, 0.717) is 10.7 Å². The Balaban J connectivity index is 1.90. The van der Waals surface area contributed by atoms with E-state index in [1.54, 1.807) is 24.3 Å². The van der Waals surface area contributed by atoms with Crippen molar-refractivity contribution in [1.29, 1.82) is 0 Å². The number of benzene rings is 1. The Morgan fingerprint density at radius 3 is 2.57 bits per heavy atom.